The quantitative estimate of drug-likeness (QED) is 0.880. The highest BCUT2D eigenvalue weighted by molar-refractivity contribution is 6.33. The van der Waals surface area contributed by atoms with Crippen molar-refractivity contribution in [2.24, 2.45) is 0 Å². The third-order valence-electron chi connectivity index (χ3n) is 2.71. The number of esters is 1. The third kappa shape index (κ3) is 4.08. The van der Waals surface area contributed by atoms with Crippen LogP contribution in [0.3, 0.4) is 0 Å². The number of benzene rings is 2. The Bertz CT molecular complexity index is 753. The molecule has 0 aliphatic carbocycles. The second-order valence-electron chi connectivity index (χ2n) is 4.30. The number of rotatable bonds is 4. The van der Waals surface area contributed by atoms with E-state index in [0.29, 0.717) is 16.3 Å². The third-order valence-corrected chi connectivity index (χ3v) is 3.04. The summed E-state index contributed by atoms with van der Waals surface area (Å²) in [7, 11) is 0. The number of nitrogens with one attached hydrogen (secondary N) is 1. The molecule has 0 unspecified atom stereocenters. The molecule has 0 spiro atoms. The van der Waals surface area contributed by atoms with Crippen LogP contribution in [0.2, 0.25) is 5.02 Å². The van der Waals surface area contributed by atoms with Gasteiger partial charge >= 0.3 is 5.97 Å². The van der Waals surface area contributed by atoms with Crippen molar-refractivity contribution in [3.8, 4) is 6.07 Å². The van der Waals surface area contributed by atoms with Gasteiger partial charge < -0.3 is 10.1 Å². The van der Waals surface area contributed by atoms with Crippen LogP contribution in [-0.4, -0.2) is 18.5 Å². The van der Waals surface area contributed by atoms with Crippen LogP contribution in [-0.2, 0) is 9.53 Å². The first-order valence-corrected chi connectivity index (χ1v) is 6.69. The summed E-state index contributed by atoms with van der Waals surface area (Å²) in [5, 5.41) is 11.7. The molecule has 2 aromatic carbocycles. The van der Waals surface area contributed by atoms with Crippen LogP contribution in [0.15, 0.2) is 48.5 Å². The molecule has 0 saturated heterocycles. The first-order valence-electron chi connectivity index (χ1n) is 6.32. The summed E-state index contributed by atoms with van der Waals surface area (Å²) in [5.74, 6) is -1.18. The van der Waals surface area contributed by atoms with Gasteiger partial charge in [-0.3, -0.25) is 4.79 Å². The molecule has 0 aromatic heterocycles. The number of anilines is 1. The lowest BCUT2D eigenvalue weighted by Gasteiger charge is -2.08. The molecule has 110 valence electrons. The first kappa shape index (κ1) is 15.5. The topological polar surface area (TPSA) is 79.2 Å². The van der Waals surface area contributed by atoms with Gasteiger partial charge in [0.2, 0.25) is 0 Å². The second-order valence-corrected chi connectivity index (χ2v) is 4.70. The highest BCUT2D eigenvalue weighted by atomic mass is 35.5. The Kier molecular flexibility index (Phi) is 5.12. The van der Waals surface area contributed by atoms with Crippen molar-refractivity contribution in [2.45, 2.75) is 0 Å². The maximum atomic E-state index is 11.8. The van der Waals surface area contributed by atoms with Gasteiger partial charge in [0.05, 0.1) is 27.9 Å². The molecule has 0 aliphatic heterocycles. The zero-order valence-electron chi connectivity index (χ0n) is 11.4. The van der Waals surface area contributed by atoms with Gasteiger partial charge in [-0.05, 0) is 30.3 Å². The summed E-state index contributed by atoms with van der Waals surface area (Å²) in [4.78, 5) is 23.5. The minimum Gasteiger partial charge on any atom is -0.452 e. The first-order chi connectivity index (χ1) is 10.6. The van der Waals surface area contributed by atoms with Crippen LogP contribution >= 0.6 is 11.6 Å². The number of halogens is 1. The van der Waals surface area contributed by atoms with E-state index < -0.39 is 18.5 Å². The van der Waals surface area contributed by atoms with E-state index in [-0.39, 0.29) is 5.56 Å². The number of nitrogens with zero attached hydrogens (tertiary/aromatic N) is 1. The maximum absolute atomic E-state index is 11.8. The predicted molar refractivity (Wildman–Crippen MR) is 81.5 cm³/mol. The zero-order valence-corrected chi connectivity index (χ0v) is 12.1. The fourth-order valence-corrected chi connectivity index (χ4v) is 1.86. The SMILES string of the molecule is N#Cc1cccc(C(=O)OCC(=O)Nc2ccccc2Cl)c1. The van der Waals surface area contributed by atoms with Crippen molar-refractivity contribution in [2.75, 3.05) is 11.9 Å². The largest absolute Gasteiger partial charge is 0.452 e. The van der Waals surface area contributed by atoms with E-state index in [1.165, 1.54) is 12.1 Å². The Balaban J connectivity index is 1.92. The Hall–Kier alpha value is -2.84. The summed E-state index contributed by atoms with van der Waals surface area (Å²) in [6.45, 7) is -0.444. The van der Waals surface area contributed by atoms with Gasteiger partial charge in [-0.15, -0.1) is 0 Å². The summed E-state index contributed by atoms with van der Waals surface area (Å²) in [6, 6.07) is 14.7. The van der Waals surface area contributed by atoms with Crippen molar-refractivity contribution >= 4 is 29.2 Å². The summed E-state index contributed by atoms with van der Waals surface area (Å²) < 4.78 is 4.90. The smallest absolute Gasteiger partial charge is 0.338 e. The van der Waals surface area contributed by atoms with Crippen molar-refractivity contribution < 1.29 is 14.3 Å². The van der Waals surface area contributed by atoms with Crippen LogP contribution in [0, 0.1) is 11.3 Å². The normalized spacial score (nSPS) is 9.64. The highest BCUT2D eigenvalue weighted by Crippen LogP contribution is 2.20. The Morgan fingerprint density at radius 1 is 1.18 bits per heavy atom. The van der Waals surface area contributed by atoms with Crippen molar-refractivity contribution in [3.05, 3.63) is 64.7 Å². The van der Waals surface area contributed by atoms with E-state index in [0.717, 1.165) is 0 Å². The van der Waals surface area contributed by atoms with Crippen molar-refractivity contribution in [1.82, 2.24) is 0 Å². The van der Waals surface area contributed by atoms with Crippen LogP contribution in [0.4, 0.5) is 5.69 Å². The number of hydrogen-bond acceptors (Lipinski definition) is 4. The van der Waals surface area contributed by atoms with Crippen LogP contribution in [0.1, 0.15) is 15.9 Å². The van der Waals surface area contributed by atoms with Gasteiger partial charge in [0.25, 0.3) is 5.91 Å². The fourth-order valence-electron chi connectivity index (χ4n) is 1.68. The Labute approximate surface area is 132 Å². The molecule has 0 atom stereocenters. The average Bonchev–Trinajstić information content (AvgIpc) is 2.55. The Morgan fingerprint density at radius 3 is 2.68 bits per heavy atom. The molecule has 2 rings (SSSR count). The fraction of sp³-hybridized carbons (Fsp3) is 0.0625. The number of nitriles is 1. The Morgan fingerprint density at radius 2 is 1.95 bits per heavy atom. The van der Waals surface area contributed by atoms with Crippen molar-refractivity contribution in [3.63, 3.8) is 0 Å². The van der Waals surface area contributed by atoms with E-state index in [1.807, 2.05) is 6.07 Å². The standard InChI is InChI=1S/C16H11ClN2O3/c17-13-6-1-2-7-14(13)19-15(20)10-22-16(21)12-5-3-4-11(8-12)9-18/h1-8H,10H2,(H,19,20). The molecular formula is C16H11ClN2O3. The van der Waals surface area contributed by atoms with Gasteiger partial charge in [0.1, 0.15) is 0 Å². The number of amides is 1. The van der Waals surface area contributed by atoms with E-state index >= 15 is 0 Å². The summed E-state index contributed by atoms with van der Waals surface area (Å²) >= 11 is 5.91. The molecule has 6 heteroatoms. The predicted octanol–water partition coefficient (Wildman–Crippen LogP) is 3.01. The van der Waals surface area contributed by atoms with Crippen LogP contribution in [0.5, 0.6) is 0 Å². The van der Waals surface area contributed by atoms with E-state index in [1.54, 1.807) is 36.4 Å². The molecule has 2 aromatic rings. The molecule has 0 bridgehead atoms. The van der Waals surface area contributed by atoms with E-state index in [4.69, 9.17) is 21.6 Å². The monoisotopic (exact) mass is 314 g/mol. The van der Waals surface area contributed by atoms with E-state index in [2.05, 4.69) is 5.32 Å². The summed E-state index contributed by atoms with van der Waals surface area (Å²) in [6.07, 6.45) is 0. The minimum atomic E-state index is -0.675. The highest BCUT2D eigenvalue weighted by Gasteiger charge is 2.11. The summed E-state index contributed by atoms with van der Waals surface area (Å²) in [5.41, 5.74) is 0.997. The number of carbonyl (C=O) groups excluding carboxylic acids is 2. The molecule has 0 heterocycles. The molecule has 5 nitrogen and oxygen atoms in total. The van der Waals surface area contributed by atoms with Gasteiger partial charge in [0.15, 0.2) is 6.61 Å². The molecule has 0 radical (unpaired) electrons. The average molecular weight is 315 g/mol. The molecule has 1 amide bonds. The van der Waals surface area contributed by atoms with Gasteiger partial charge in [-0.1, -0.05) is 29.8 Å². The number of para-hydroxylation sites is 1. The lowest BCUT2D eigenvalue weighted by atomic mass is 10.1. The maximum Gasteiger partial charge on any atom is 0.338 e. The van der Waals surface area contributed by atoms with E-state index in [9.17, 15) is 9.59 Å². The lowest BCUT2D eigenvalue weighted by molar-refractivity contribution is -0.119. The van der Waals surface area contributed by atoms with Gasteiger partial charge in [-0.25, -0.2) is 4.79 Å². The molecular weight excluding hydrogens is 304 g/mol. The van der Waals surface area contributed by atoms with Gasteiger partial charge in [-0.2, -0.15) is 5.26 Å². The number of hydrogen-bond donors (Lipinski definition) is 1. The molecule has 0 saturated carbocycles. The molecule has 1 N–H and O–H groups in total. The molecule has 0 aliphatic rings. The zero-order chi connectivity index (χ0) is 15.9. The van der Waals surface area contributed by atoms with Crippen LogP contribution in [0.25, 0.3) is 0 Å². The second kappa shape index (κ2) is 7.25. The number of ether oxygens (including phenoxy) is 1. The molecule has 0 fully saturated rings. The lowest BCUT2D eigenvalue weighted by Crippen LogP contribution is -2.21. The van der Waals surface area contributed by atoms with Crippen LogP contribution < -0.4 is 5.32 Å². The minimum absolute atomic E-state index is 0.213. The van der Waals surface area contributed by atoms with Gasteiger partial charge in [0, 0.05) is 0 Å². The molecule has 22 heavy (non-hydrogen) atoms. The number of carbonyl (C=O) groups is 2. The van der Waals surface area contributed by atoms with Crippen molar-refractivity contribution in [1.29, 1.82) is 5.26 Å².